The van der Waals surface area contributed by atoms with Crippen LogP contribution in [0.25, 0.3) is 0 Å². The average molecular weight is 353 g/mol. The molecule has 134 valence electrons. The molecular weight excluding hydrogens is 334 g/mol. The third-order valence-electron chi connectivity index (χ3n) is 4.22. The number of carbonyl (C=O) groups is 3. The van der Waals surface area contributed by atoms with Crippen LogP contribution in [0.4, 0.5) is 5.69 Å². The lowest BCUT2D eigenvalue weighted by Gasteiger charge is -2.17. The van der Waals surface area contributed by atoms with Crippen molar-refractivity contribution in [3.63, 3.8) is 0 Å². The maximum atomic E-state index is 12.3. The zero-order chi connectivity index (χ0) is 18.5. The Morgan fingerprint density at radius 2 is 1.73 bits per heavy atom. The van der Waals surface area contributed by atoms with E-state index in [0.717, 1.165) is 0 Å². The van der Waals surface area contributed by atoms with Crippen molar-refractivity contribution in [3.05, 3.63) is 60.2 Å². The highest BCUT2D eigenvalue weighted by atomic mass is 16.5. The van der Waals surface area contributed by atoms with E-state index in [0.29, 0.717) is 17.0 Å². The molecule has 3 rings (SSSR count). The number of rotatable bonds is 4. The molecule has 0 aromatic heterocycles. The number of anilines is 1. The lowest BCUT2D eigenvalue weighted by Crippen LogP contribution is -2.45. The monoisotopic (exact) mass is 353 g/mol. The summed E-state index contributed by atoms with van der Waals surface area (Å²) in [5.41, 5.74) is 5.92. The quantitative estimate of drug-likeness (QED) is 0.816. The molecule has 0 radical (unpaired) electrons. The molecule has 2 N–H and O–H groups in total. The van der Waals surface area contributed by atoms with E-state index in [2.05, 4.69) is 10.9 Å². The van der Waals surface area contributed by atoms with E-state index >= 15 is 0 Å². The molecule has 0 spiro atoms. The molecule has 26 heavy (non-hydrogen) atoms. The SMILES string of the molecule is COc1ccc(N2C[C@@H](C(=O)NNC(=O)c3ccccc3)CC2=O)cc1. The van der Waals surface area contributed by atoms with Gasteiger partial charge in [0.15, 0.2) is 0 Å². The van der Waals surface area contributed by atoms with Gasteiger partial charge >= 0.3 is 0 Å². The Kier molecular flexibility index (Phi) is 5.17. The predicted octanol–water partition coefficient (Wildman–Crippen LogP) is 1.51. The highest BCUT2D eigenvalue weighted by molar-refractivity contribution is 6.01. The van der Waals surface area contributed by atoms with Gasteiger partial charge < -0.3 is 9.64 Å². The minimum absolute atomic E-state index is 0.0963. The summed E-state index contributed by atoms with van der Waals surface area (Å²) in [6.45, 7) is 0.262. The second-order valence-electron chi connectivity index (χ2n) is 5.91. The molecule has 1 aliphatic rings. The van der Waals surface area contributed by atoms with E-state index in [4.69, 9.17) is 4.74 Å². The van der Waals surface area contributed by atoms with Gasteiger partial charge in [0.2, 0.25) is 11.8 Å². The molecule has 3 amide bonds. The molecule has 0 saturated carbocycles. The van der Waals surface area contributed by atoms with E-state index in [1.807, 2.05) is 0 Å². The van der Waals surface area contributed by atoms with Gasteiger partial charge in [-0.3, -0.25) is 25.2 Å². The van der Waals surface area contributed by atoms with E-state index < -0.39 is 17.7 Å². The van der Waals surface area contributed by atoms with Crippen LogP contribution in [0, 0.1) is 5.92 Å². The van der Waals surface area contributed by atoms with E-state index in [1.54, 1.807) is 66.6 Å². The Morgan fingerprint density at radius 1 is 1.04 bits per heavy atom. The first-order valence-corrected chi connectivity index (χ1v) is 8.18. The minimum atomic E-state index is -0.527. The van der Waals surface area contributed by atoms with Crippen LogP contribution in [-0.2, 0) is 9.59 Å². The maximum Gasteiger partial charge on any atom is 0.269 e. The third kappa shape index (κ3) is 3.83. The maximum absolute atomic E-state index is 12.3. The Hall–Kier alpha value is -3.35. The van der Waals surface area contributed by atoms with E-state index in [-0.39, 0.29) is 18.9 Å². The smallest absolute Gasteiger partial charge is 0.269 e. The predicted molar refractivity (Wildman–Crippen MR) is 95.5 cm³/mol. The summed E-state index contributed by atoms with van der Waals surface area (Å²) in [6, 6.07) is 15.6. The van der Waals surface area contributed by atoms with Crippen LogP contribution < -0.4 is 20.5 Å². The molecule has 1 aliphatic heterocycles. The fraction of sp³-hybridized carbons (Fsp3) is 0.211. The van der Waals surface area contributed by atoms with Crippen LogP contribution in [0.15, 0.2) is 54.6 Å². The van der Waals surface area contributed by atoms with Crippen molar-refractivity contribution in [2.24, 2.45) is 5.92 Å². The number of benzene rings is 2. The third-order valence-corrected chi connectivity index (χ3v) is 4.22. The Bertz CT molecular complexity index is 805. The molecular formula is C19H19N3O4. The molecule has 2 aromatic rings. The lowest BCUT2D eigenvalue weighted by molar-refractivity contribution is -0.126. The van der Waals surface area contributed by atoms with Crippen molar-refractivity contribution < 1.29 is 19.1 Å². The van der Waals surface area contributed by atoms with Crippen LogP contribution in [-0.4, -0.2) is 31.4 Å². The highest BCUT2D eigenvalue weighted by Gasteiger charge is 2.35. The lowest BCUT2D eigenvalue weighted by atomic mass is 10.1. The summed E-state index contributed by atoms with van der Waals surface area (Å²) in [5, 5.41) is 0. The number of hydrogen-bond acceptors (Lipinski definition) is 4. The molecule has 7 nitrogen and oxygen atoms in total. The summed E-state index contributed by atoms with van der Waals surface area (Å²) in [4.78, 5) is 38.0. The second-order valence-corrected chi connectivity index (χ2v) is 5.91. The first-order chi connectivity index (χ1) is 12.6. The van der Waals surface area contributed by atoms with Crippen LogP contribution in [0.2, 0.25) is 0 Å². The summed E-state index contributed by atoms with van der Waals surface area (Å²) in [5.74, 6) is -0.766. The number of amides is 3. The molecule has 1 atom stereocenters. The van der Waals surface area contributed by atoms with Crippen LogP contribution in [0.5, 0.6) is 5.75 Å². The summed E-state index contributed by atoms with van der Waals surface area (Å²) in [7, 11) is 1.57. The van der Waals surface area contributed by atoms with Crippen LogP contribution in [0.1, 0.15) is 16.8 Å². The average Bonchev–Trinajstić information content (AvgIpc) is 3.08. The van der Waals surface area contributed by atoms with Gasteiger partial charge in [-0.25, -0.2) is 0 Å². The fourth-order valence-corrected chi connectivity index (χ4v) is 2.78. The fourth-order valence-electron chi connectivity index (χ4n) is 2.78. The molecule has 1 heterocycles. The van der Waals surface area contributed by atoms with Crippen molar-refractivity contribution in [2.45, 2.75) is 6.42 Å². The second kappa shape index (κ2) is 7.69. The van der Waals surface area contributed by atoms with E-state index in [9.17, 15) is 14.4 Å². The Labute approximate surface area is 150 Å². The van der Waals surface area contributed by atoms with Crippen molar-refractivity contribution >= 4 is 23.4 Å². The summed E-state index contributed by atoms with van der Waals surface area (Å²) < 4.78 is 5.10. The van der Waals surface area contributed by atoms with Gasteiger partial charge in [0.25, 0.3) is 5.91 Å². The number of hydrazine groups is 1. The number of ether oxygens (including phenoxy) is 1. The summed E-state index contributed by atoms with van der Waals surface area (Å²) in [6.07, 6.45) is 0.0963. The molecule has 0 bridgehead atoms. The molecule has 2 aromatic carbocycles. The van der Waals surface area contributed by atoms with Crippen molar-refractivity contribution in [1.29, 1.82) is 0 Å². The topological polar surface area (TPSA) is 87.7 Å². The van der Waals surface area contributed by atoms with E-state index in [1.165, 1.54) is 0 Å². The molecule has 0 aliphatic carbocycles. The zero-order valence-electron chi connectivity index (χ0n) is 14.3. The van der Waals surface area contributed by atoms with Gasteiger partial charge in [-0.05, 0) is 36.4 Å². The van der Waals surface area contributed by atoms with Gasteiger partial charge in [-0.2, -0.15) is 0 Å². The van der Waals surface area contributed by atoms with Crippen molar-refractivity contribution in [1.82, 2.24) is 10.9 Å². The van der Waals surface area contributed by atoms with Gasteiger partial charge in [-0.1, -0.05) is 18.2 Å². The first kappa shape index (κ1) is 17.5. The standard InChI is InChI=1S/C19H19N3O4/c1-26-16-9-7-15(8-10-16)22-12-14(11-17(22)23)19(25)21-20-18(24)13-5-3-2-4-6-13/h2-10,14H,11-12H2,1H3,(H,20,24)(H,21,25)/t14-/m0/s1. The molecule has 1 fully saturated rings. The van der Waals surface area contributed by atoms with Crippen molar-refractivity contribution in [2.75, 3.05) is 18.6 Å². The molecule has 0 unspecified atom stereocenters. The molecule has 7 heteroatoms. The molecule has 1 saturated heterocycles. The largest absolute Gasteiger partial charge is 0.497 e. The van der Waals surface area contributed by atoms with Gasteiger partial charge in [0, 0.05) is 24.2 Å². The normalized spacial score (nSPS) is 16.3. The van der Waals surface area contributed by atoms with Crippen LogP contribution in [0.3, 0.4) is 0 Å². The number of carbonyl (C=O) groups excluding carboxylic acids is 3. The number of methoxy groups -OCH3 is 1. The first-order valence-electron chi connectivity index (χ1n) is 8.18. The Morgan fingerprint density at radius 3 is 2.38 bits per heavy atom. The van der Waals surface area contributed by atoms with Gasteiger partial charge in [0.05, 0.1) is 13.0 Å². The highest BCUT2D eigenvalue weighted by Crippen LogP contribution is 2.26. The van der Waals surface area contributed by atoms with Crippen LogP contribution >= 0.6 is 0 Å². The zero-order valence-corrected chi connectivity index (χ0v) is 14.3. The number of nitrogens with zero attached hydrogens (tertiary/aromatic N) is 1. The van der Waals surface area contributed by atoms with Crippen molar-refractivity contribution in [3.8, 4) is 5.75 Å². The minimum Gasteiger partial charge on any atom is -0.497 e. The number of hydrogen-bond donors (Lipinski definition) is 2. The number of nitrogens with one attached hydrogen (secondary N) is 2. The van der Waals surface area contributed by atoms with Gasteiger partial charge in [0.1, 0.15) is 5.75 Å². The summed E-state index contributed by atoms with van der Waals surface area (Å²) >= 11 is 0. The van der Waals surface area contributed by atoms with Gasteiger partial charge in [-0.15, -0.1) is 0 Å². The Balaban J connectivity index is 1.57.